The van der Waals surface area contributed by atoms with E-state index in [2.05, 4.69) is 127 Å². The average molecular weight is 1170 g/mol. The van der Waals surface area contributed by atoms with Crippen LogP contribution in [-0.4, -0.2) is 14.1 Å². The summed E-state index contributed by atoms with van der Waals surface area (Å²) in [6.07, 6.45) is 4.95. The summed E-state index contributed by atoms with van der Waals surface area (Å²) in [5, 5.41) is 1.54. The molecule has 370 valence electrons. The standard InChI is InChI=1S/C69H56N4O.Pt/c1-46-38-66(70-44-61(46)48-22-12-9-13-23-48)73-62-33-15-14-30-59(62)60-36-35-56(43-64(60)73)74-55-29-18-28-54(42-55)71-45-72(63-37-34-49(41-65(63)71)47-20-10-8-11-21-47)67-57(50-24-16-26-52(39-50)68(2,3)4)31-19-32-58(67)51-25-17-27-53(40-51)69(5,6)7;/h8-41,44H,1-7H3;/q-2;/i1D3,8D,9D,10D,11D,12D,13D,20D,21D,22D,23D;. The molecule has 12 rings (SSSR count). The number of aryl methyl sites for hydroxylation is 1. The molecule has 5 nitrogen and oxygen atoms in total. The Hall–Kier alpha value is -8.11. The molecule has 0 aliphatic carbocycles. The third-order valence-corrected chi connectivity index (χ3v) is 13.4. The molecule has 6 heteroatoms. The maximum absolute atomic E-state index is 9.02. The number of aromatic nitrogens is 4. The van der Waals surface area contributed by atoms with E-state index in [-0.39, 0.29) is 83.6 Å². The number of nitrogens with zero attached hydrogens (tertiary/aromatic N) is 4. The van der Waals surface area contributed by atoms with E-state index < -0.39 is 55.2 Å². The summed E-state index contributed by atoms with van der Waals surface area (Å²) in [5.74, 6) is 0.713. The molecule has 0 unspecified atom stereocenters. The van der Waals surface area contributed by atoms with Crippen LogP contribution in [0.3, 0.4) is 0 Å². The van der Waals surface area contributed by atoms with Crippen molar-refractivity contribution in [2.24, 2.45) is 0 Å². The van der Waals surface area contributed by atoms with Gasteiger partial charge in [-0.15, -0.1) is 29.7 Å². The minimum atomic E-state index is -2.81. The Labute approximate surface area is 472 Å². The van der Waals surface area contributed by atoms with Gasteiger partial charge in [-0.3, -0.25) is 4.57 Å². The molecular weight excluding hydrogens is 1100 g/mol. The Bertz CT molecular complexity index is 4690. The number of para-hydroxylation sites is 2. The van der Waals surface area contributed by atoms with Crippen molar-refractivity contribution in [1.82, 2.24) is 14.1 Å². The van der Waals surface area contributed by atoms with Crippen molar-refractivity contribution >= 4 is 32.8 Å². The molecule has 0 aliphatic heterocycles. The van der Waals surface area contributed by atoms with Gasteiger partial charge in [-0.05, 0) is 103 Å². The summed E-state index contributed by atoms with van der Waals surface area (Å²) in [6.45, 7) is 10.3. The Morgan fingerprint density at radius 3 is 1.87 bits per heavy atom. The molecule has 3 aromatic heterocycles. The van der Waals surface area contributed by atoms with Crippen LogP contribution in [0.25, 0.3) is 94.5 Å². The fourth-order valence-corrected chi connectivity index (χ4v) is 9.63. The predicted molar refractivity (Wildman–Crippen MR) is 304 cm³/mol. The Morgan fingerprint density at radius 2 is 1.19 bits per heavy atom. The molecule has 0 spiro atoms. The molecular formula is C69H56N4OPt-2. The maximum Gasteiger partial charge on any atom is 0.268 e. The van der Waals surface area contributed by atoms with Gasteiger partial charge in [0.05, 0.1) is 30.4 Å². The molecule has 0 fully saturated rings. The van der Waals surface area contributed by atoms with Gasteiger partial charge < -0.3 is 13.9 Å². The van der Waals surface area contributed by atoms with Gasteiger partial charge in [-0.1, -0.05) is 205 Å². The SMILES string of the molecule is [2H]c1c([2H])c([2H])c(-c2ccc3c(c2)n(-c2[c-]c(Oc4[c-]c5c(cc4)c4ccccc4n5-c4cc(C([2H])([2H])[2H])c(-c5c([2H])c([2H])c([2H])c([2H])c5[2H])cn4)ccc2)[c-][n+]3-c2c(-c3cccc(C(C)(C)C)c3)cccc2-c2cccc(C(C)(C)C)c2)c([2H])c1[2H].[Pt]. The Balaban J connectivity index is 0.00000800. The molecule has 0 aliphatic rings. The molecule has 0 bridgehead atoms. The van der Waals surface area contributed by atoms with E-state index in [0.29, 0.717) is 33.3 Å². The monoisotopic (exact) mass is 1160 g/mol. The summed E-state index contributed by atoms with van der Waals surface area (Å²) < 4.78 is 124. The fourth-order valence-electron chi connectivity index (χ4n) is 9.63. The molecule has 75 heavy (non-hydrogen) atoms. The van der Waals surface area contributed by atoms with Gasteiger partial charge in [0.15, 0.2) is 0 Å². The molecule has 0 N–H and O–H groups in total. The van der Waals surface area contributed by atoms with E-state index in [0.717, 1.165) is 49.8 Å². The van der Waals surface area contributed by atoms with E-state index in [1.54, 1.807) is 22.8 Å². The van der Waals surface area contributed by atoms with Crippen molar-refractivity contribution in [2.75, 3.05) is 0 Å². The summed E-state index contributed by atoms with van der Waals surface area (Å²) in [7, 11) is 0. The average Bonchev–Trinajstić information content (AvgIpc) is 1.59. The minimum Gasteiger partial charge on any atom is -0.510 e. The van der Waals surface area contributed by atoms with Crippen LogP contribution in [0.15, 0.2) is 212 Å². The fraction of sp³-hybridized carbons (Fsp3) is 0.130. The van der Waals surface area contributed by atoms with E-state index >= 15 is 0 Å². The number of hydrogen-bond acceptors (Lipinski definition) is 2. The molecule has 0 amide bonds. The number of rotatable bonds is 9. The second-order valence-corrected chi connectivity index (χ2v) is 20.4. The van der Waals surface area contributed by atoms with E-state index in [4.69, 9.17) is 27.5 Å². The molecule has 0 radical (unpaired) electrons. The van der Waals surface area contributed by atoms with Crippen LogP contribution in [0.5, 0.6) is 11.5 Å². The van der Waals surface area contributed by atoms with Gasteiger partial charge in [0.25, 0.3) is 6.33 Å². The molecule has 9 aromatic carbocycles. The van der Waals surface area contributed by atoms with Crippen molar-refractivity contribution in [1.29, 1.82) is 0 Å². The zero-order chi connectivity index (χ0) is 61.9. The van der Waals surface area contributed by atoms with Crippen LogP contribution >= 0.6 is 0 Å². The second-order valence-electron chi connectivity index (χ2n) is 20.4. The first-order valence-corrected chi connectivity index (χ1v) is 24.4. The molecule has 0 saturated carbocycles. The molecule has 12 aromatic rings. The smallest absolute Gasteiger partial charge is 0.268 e. The van der Waals surface area contributed by atoms with Crippen molar-refractivity contribution in [3.63, 3.8) is 0 Å². The number of imidazole rings is 1. The van der Waals surface area contributed by atoms with Crippen LogP contribution in [-0.2, 0) is 31.9 Å². The topological polar surface area (TPSA) is 35.9 Å². The van der Waals surface area contributed by atoms with Crippen LogP contribution < -0.4 is 9.30 Å². The first kappa shape index (κ1) is 35.9. The van der Waals surface area contributed by atoms with Gasteiger partial charge >= 0.3 is 0 Å². The molecule has 0 atom stereocenters. The van der Waals surface area contributed by atoms with E-state index in [9.17, 15) is 0 Å². The van der Waals surface area contributed by atoms with Crippen molar-refractivity contribution in [2.45, 2.75) is 59.2 Å². The molecule has 3 heterocycles. The summed E-state index contributed by atoms with van der Waals surface area (Å²) in [6, 6.07) is 48.7. The maximum atomic E-state index is 9.02. The third kappa shape index (κ3) is 9.32. The van der Waals surface area contributed by atoms with Crippen molar-refractivity contribution in [3.05, 3.63) is 247 Å². The summed E-state index contributed by atoms with van der Waals surface area (Å²) >= 11 is 0. The largest absolute Gasteiger partial charge is 0.510 e. The first-order valence-electron chi connectivity index (χ1n) is 30.9. The zero-order valence-corrected chi connectivity index (χ0v) is 44.2. The van der Waals surface area contributed by atoms with E-state index in [1.165, 1.54) is 12.3 Å². The Kier molecular flexibility index (Phi) is 9.41. The van der Waals surface area contributed by atoms with Gasteiger partial charge in [0.1, 0.15) is 5.82 Å². The number of hydrogen-bond donors (Lipinski definition) is 0. The van der Waals surface area contributed by atoms with Gasteiger partial charge in [-0.2, -0.15) is 18.2 Å². The Morgan fingerprint density at radius 1 is 0.547 bits per heavy atom. The second kappa shape index (κ2) is 19.6. The summed E-state index contributed by atoms with van der Waals surface area (Å²) in [5.41, 5.74) is 9.26. The van der Waals surface area contributed by atoms with Crippen LogP contribution in [0.1, 0.15) is 76.1 Å². The van der Waals surface area contributed by atoms with Crippen LogP contribution in [0.4, 0.5) is 0 Å². The van der Waals surface area contributed by atoms with E-state index in [1.807, 2.05) is 63.7 Å². The number of fused-ring (bicyclic) bond motifs is 4. The van der Waals surface area contributed by atoms with Gasteiger partial charge in [0, 0.05) is 54.0 Å². The van der Waals surface area contributed by atoms with Crippen LogP contribution in [0.2, 0.25) is 0 Å². The van der Waals surface area contributed by atoms with Crippen LogP contribution in [0, 0.1) is 25.3 Å². The quantitative estimate of drug-likeness (QED) is 0.107. The minimum absolute atomic E-state index is 0. The zero-order valence-electron chi connectivity index (χ0n) is 54.9. The number of benzene rings is 9. The summed E-state index contributed by atoms with van der Waals surface area (Å²) in [4.78, 5) is 4.72. The van der Waals surface area contributed by atoms with Gasteiger partial charge in [0.2, 0.25) is 0 Å². The van der Waals surface area contributed by atoms with Crippen molar-refractivity contribution in [3.8, 4) is 73.2 Å². The molecule has 0 saturated heterocycles. The first-order chi connectivity index (χ1) is 41.2. The number of pyridine rings is 1. The van der Waals surface area contributed by atoms with Gasteiger partial charge in [-0.25, -0.2) is 4.98 Å². The third-order valence-electron chi connectivity index (χ3n) is 13.4. The predicted octanol–water partition coefficient (Wildman–Crippen LogP) is 17.2. The number of ether oxygens (including phenoxy) is 1. The van der Waals surface area contributed by atoms with Crippen molar-refractivity contribution < 1.29 is 48.2 Å². The normalized spacial score (nSPS) is 14.5.